The van der Waals surface area contributed by atoms with Gasteiger partial charge in [0, 0.05) is 16.6 Å². The van der Waals surface area contributed by atoms with Crippen LogP contribution in [0.15, 0.2) is 22.7 Å². The number of aryl methyl sites for hydroxylation is 1. The van der Waals surface area contributed by atoms with Gasteiger partial charge >= 0.3 is 0 Å². The molecular formula is C17H23BrN2. The first-order chi connectivity index (χ1) is 9.62. The second-order valence-electron chi connectivity index (χ2n) is 5.73. The van der Waals surface area contributed by atoms with Crippen LogP contribution in [0.5, 0.6) is 0 Å². The Morgan fingerprint density at radius 3 is 2.95 bits per heavy atom. The van der Waals surface area contributed by atoms with Crippen LogP contribution in [-0.2, 0) is 12.8 Å². The van der Waals surface area contributed by atoms with Gasteiger partial charge in [0.1, 0.15) is 0 Å². The number of benzene rings is 1. The molecule has 108 valence electrons. The van der Waals surface area contributed by atoms with Gasteiger partial charge in [-0.2, -0.15) is 0 Å². The third-order valence-electron chi connectivity index (χ3n) is 4.22. The van der Waals surface area contributed by atoms with Gasteiger partial charge in [-0.3, -0.25) is 5.32 Å². The van der Waals surface area contributed by atoms with Crippen LogP contribution < -0.4 is 11.1 Å². The molecule has 0 heterocycles. The van der Waals surface area contributed by atoms with Gasteiger partial charge in [0.05, 0.1) is 6.04 Å². The summed E-state index contributed by atoms with van der Waals surface area (Å²) >= 11 is 3.54. The highest BCUT2D eigenvalue weighted by molar-refractivity contribution is 9.10. The van der Waals surface area contributed by atoms with Crippen LogP contribution >= 0.6 is 15.9 Å². The number of terminal acetylenes is 1. The lowest BCUT2D eigenvalue weighted by atomic mass is 9.77. The summed E-state index contributed by atoms with van der Waals surface area (Å²) in [7, 11) is 0. The number of fused-ring (bicyclic) bond motifs is 1. The first-order valence-corrected chi connectivity index (χ1v) is 8.13. The smallest absolute Gasteiger partial charge is 0.0691 e. The normalized spacial score (nSPS) is 22.9. The Kier molecular flexibility index (Phi) is 5.26. The molecule has 0 bridgehead atoms. The molecule has 1 aromatic rings. The maximum atomic E-state index is 6.08. The zero-order valence-corrected chi connectivity index (χ0v) is 13.7. The Morgan fingerprint density at radius 2 is 2.30 bits per heavy atom. The van der Waals surface area contributed by atoms with Crippen molar-refractivity contribution in [2.24, 2.45) is 5.73 Å². The standard InChI is InChI=1S/C17H23BrN2/c1-3-5-16(4-2)20-17(12-19)9-8-13-10-15(18)7-6-14(13)11-17/h2,6-7,10,16,20H,3,5,8-9,11-12,19H2,1H3. The predicted molar refractivity (Wildman–Crippen MR) is 88.6 cm³/mol. The third kappa shape index (κ3) is 3.44. The van der Waals surface area contributed by atoms with Crippen molar-refractivity contribution in [1.29, 1.82) is 0 Å². The molecule has 2 unspecified atom stereocenters. The van der Waals surface area contributed by atoms with Gasteiger partial charge < -0.3 is 5.73 Å². The molecule has 0 aliphatic heterocycles. The second-order valence-corrected chi connectivity index (χ2v) is 6.64. The van der Waals surface area contributed by atoms with E-state index in [9.17, 15) is 0 Å². The van der Waals surface area contributed by atoms with Crippen LogP contribution in [0.4, 0.5) is 0 Å². The molecule has 0 amide bonds. The number of halogens is 1. The van der Waals surface area contributed by atoms with Crippen LogP contribution in [0.2, 0.25) is 0 Å². The molecular weight excluding hydrogens is 312 g/mol. The summed E-state index contributed by atoms with van der Waals surface area (Å²) in [6, 6.07) is 6.66. The van der Waals surface area contributed by atoms with Gasteiger partial charge in [-0.1, -0.05) is 41.3 Å². The van der Waals surface area contributed by atoms with Crippen molar-refractivity contribution in [2.45, 2.75) is 50.6 Å². The van der Waals surface area contributed by atoms with Crippen molar-refractivity contribution in [3.63, 3.8) is 0 Å². The van der Waals surface area contributed by atoms with E-state index >= 15 is 0 Å². The SMILES string of the molecule is C#CC(CCC)NC1(CN)CCc2cc(Br)ccc2C1. The Hall–Kier alpha value is -0.820. The Balaban J connectivity index is 2.17. The molecule has 0 aromatic heterocycles. The molecule has 1 aliphatic carbocycles. The molecule has 0 radical (unpaired) electrons. The number of nitrogens with two attached hydrogens (primary N) is 1. The van der Waals surface area contributed by atoms with Crippen molar-refractivity contribution in [1.82, 2.24) is 5.32 Å². The quantitative estimate of drug-likeness (QED) is 0.812. The molecule has 0 saturated heterocycles. The molecule has 1 aliphatic rings. The van der Waals surface area contributed by atoms with Crippen molar-refractivity contribution >= 4 is 15.9 Å². The lowest BCUT2D eigenvalue weighted by Gasteiger charge is -2.40. The lowest BCUT2D eigenvalue weighted by molar-refractivity contribution is 0.273. The summed E-state index contributed by atoms with van der Waals surface area (Å²) < 4.78 is 1.15. The van der Waals surface area contributed by atoms with Crippen molar-refractivity contribution in [2.75, 3.05) is 6.54 Å². The molecule has 2 nitrogen and oxygen atoms in total. The summed E-state index contributed by atoms with van der Waals surface area (Å²) in [5, 5.41) is 3.65. The molecule has 1 aromatic carbocycles. The van der Waals surface area contributed by atoms with E-state index in [4.69, 9.17) is 12.2 Å². The summed E-state index contributed by atoms with van der Waals surface area (Å²) in [6.45, 7) is 2.79. The van der Waals surface area contributed by atoms with Gasteiger partial charge in [0.2, 0.25) is 0 Å². The maximum absolute atomic E-state index is 6.08. The van der Waals surface area contributed by atoms with E-state index in [1.54, 1.807) is 0 Å². The van der Waals surface area contributed by atoms with Crippen LogP contribution in [-0.4, -0.2) is 18.1 Å². The number of rotatable bonds is 5. The topological polar surface area (TPSA) is 38.0 Å². The van der Waals surface area contributed by atoms with E-state index in [2.05, 4.69) is 52.3 Å². The van der Waals surface area contributed by atoms with E-state index in [0.29, 0.717) is 6.54 Å². The fourth-order valence-electron chi connectivity index (χ4n) is 3.04. The van der Waals surface area contributed by atoms with Crippen LogP contribution in [0, 0.1) is 12.3 Å². The third-order valence-corrected chi connectivity index (χ3v) is 4.71. The molecule has 3 heteroatoms. The predicted octanol–water partition coefficient (Wildman–Crippen LogP) is 3.03. The van der Waals surface area contributed by atoms with Crippen LogP contribution in [0.3, 0.4) is 0 Å². The van der Waals surface area contributed by atoms with Crippen LogP contribution in [0.25, 0.3) is 0 Å². The minimum Gasteiger partial charge on any atom is -0.329 e. The highest BCUT2D eigenvalue weighted by atomic mass is 79.9. The summed E-state index contributed by atoms with van der Waals surface area (Å²) in [4.78, 5) is 0. The summed E-state index contributed by atoms with van der Waals surface area (Å²) in [5.74, 6) is 2.87. The zero-order valence-electron chi connectivity index (χ0n) is 12.1. The second kappa shape index (κ2) is 6.76. The van der Waals surface area contributed by atoms with Gasteiger partial charge in [-0.25, -0.2) is 0 Å². The molecule has 0 fully saturated rings. The van der Waals surface area contributed by atoms with Crippen molar-refractivity contribution < 1.29 is 0 Å². The van der Waals surface area contributed by atoms with Gasteiger partial charge in [0.25, 0.3) is 0 Å². The van der Waals surface area contributed by atoms with E-state index < -0.39 is 0 Å². The molecule has 3 N–H and O–H groups in total. The Labute approximate surface area is 130 Å². The fraction of sp³-hybridized carbons (Fsp3) is 0.529. The highest BCUT2D eigenvalue weighted by Gasteiger charge is 2.34. The largest absolute Gasteiger partial charge is 0.329 e. The number of nitrogens with one attached hydrogen (secondary N) is 1. The molecule has 2 atom stereocenters. The van der Waals surface area contributed by atoms with Crippen LogP contribution in [0.1, 0.15) is 37.3 Å². The van der Waals surface area contributed by atoms with E-state index in [1.165, 1.54) is 11.1 Å². The monoisotopic (exact) mass is 334 g/mol. The minimum absolute atomic E-state index is 0.0486. The van der Waals surface area contributed by atoms with Gasteiger partial charge in [0.15, 0.2) is 0 Å². The summed E-state index contributed by atoms with van der Waals surface area (Å²) in [5.41, 5.74) is 8.86. The van der Waals surface area contributed by atoms with E-state index in [0.717, 1.165) is 36.6 Å². The minimum atomic E-state index is -0.0486. The zero-order chi connectivity index (χ0) is 14.6. The van der Waals surface area contributed by atoms with Crippen molar-refractivity contribution in [3.05, 3.63) is 33.8 Å². The average molecular weight is 335 g/mol. The van der Waals surface area contributed by atoms with E-state index in [1.807, 2.05) is 0 Å². The Morgan fingerprint density at radius 1 is 1.50 bits per heavy atom. The number of hydrogen-bond acceptors (Lipinski definition) is 2. The lowest BCUT2D eigenvalue weighted by Crippen LogP contribution is -2.58. The molecule has 20 heavy (non-hydrogen) atoms. The first kappa shape index (κ1) is 15.6. The first-order valence-electron chi connectivity index (χ1n) is 7.33. The average Bonchev–Trinajstić information content (AvgIpc) is 2.47. The number of hydrogen-bond donors (Lipinski definition) is 2. The van der Waals surface area contributed by atoms with Gasteiger partial charge in [-0.15, -0.1) is 6.42 Å². The van der Waals surface area contributed by atoms with Gasteiger partial charge in [-0.05, 0) is 48.9 Å². The van der Waals surface area contributed by atoms with E-state index in [-0.39, 0.29) is 11.6 Å². The maximum Gasteiger partial charge on any atom is 0.0691 e. The summed E-state index contributed by atoms with van der Waals surface area (Å²) in [6.07, 6.45) is 10.8. The molecule has 2 rings (SSSR count). The Bertz CT molecular complexity index is 506. The van der Waals surface area contributed by atoms with Crippen molar-refractivity contribution in [3.8, 4) is 12.3 Å². The molecule has 0 spiro atoms. The molecule has 0 saturated carbocycles. The highest BCUT2D eigenvalue weighted by Crippen LogP contribution is 2.30. The fourth-order valence-corrected chi connectivity index (χ4v) is 3.45.